The van der Waals surface area contributed by atoms with Gasteiger partial charge in [0.15, 0.2) is 5.03 Å². The molecule has 1 amide bonds. The van der Waals surface area contributed by atoms with Crippen LogP contribution in [0.15, 0.2) is 65.7 Å². The first-order valence-electron chi connectivity index (χ1n) is 10.1. The lowest BCUT2D eigenvalue weighted by Gasteiger charge is -2.15. The van der Waals surface area contributed by atoms with E-state index >= 15 is 0 Å². The van der Waals surface area contributed by atoms with Gasteiger partial charge in [-0.2, -0.15) is 8.42 Å². The van der Waals surface area contributed by atoms with Gasteiger partial charge in [-0.25, -0.2) is 14.7 Å². The zero-order valence-corrected chi connectivity index (χ0v) is 19.1. The van der Waals surface area contributed by atoms with Crippen molar-refractivity contribution in [3.63, 3.8) is 0 Å². The number of hydrogen-bond donors (Lipinski definition) is 2. The van der Waals surface area contributed by atoms with E-state index in [2.05, 4.69) is 9.97 Å². The second-order valence-corrected chi connectivity index (χ2v) is 9.33. The molecule has 0 spiro atoms. The van der Waals surface area contributed by atoms with E-state index in [-0.39, 0.29) is 22.3 Å². The molecule has 0 aliphatic heterocycles. The number of para-hydroxylation sites is 1. The van der Waals surface area contributed by atoms with Gasteiger partial charge in [0.2, 0.25) is 5.88 Å². The number of ether oxygens (including phenoxy) is 1. The van der Waals surface area contributed by atoms with E-state index < -0.39 is 15.9 Å². The van der Waals surface area contributed by atoms with E-state index in [1.165, 1.54) is 18.2 Å². The first-order valence-corrected chi connectivity index (χ1v) is 11.6. The summed E-state index contributed by atoms with van der Waals surface area (Å²) >= 11 is 0. The standard InChI is InChI=1S/C24H22N4O4S/c1-14-11-15(2)22(16(3)12-14)32-24-18(13-17-7-4-5-8-19(17)26-24)23(29)28-33(30,31)21-10-6-9-20(25)27-21/h4-13H,1-3H3,(H2,25,27)(H,28,29). The number of rotatable bonds is 5. The van der Waals surface area contributed by atoms with Crippen molar-refractivity contribution >= 4 is 32.7 Å². The van der Waals surface area contributed by atoms with Gasteiger partial charge >= 0.3 is 0 Å². The largest absolute Gasteiger partial charge is 0.438 e. The molecular weight excluding hydrogens is 440 g/mol. The topological polar surface area (TPSA) is 124 Å². The minimum absolute atomic E-state index is 0.00279. The summed E-state index contributed by atoms with van der Waals surface area (Å²) in [5.41, 5.74) is 8.97. The van der Waals surface area contributed by atoms with Gasteiger partial charge < -0.3 is 10.5 Å². The molecule has 33 heavy (non-hydrogen) atoms. The van der Waals surface area contributed by atoms with Crippen molar-refractivity contribution in [3.05, 3.63) is 82.9 Å². The number of anilines is 1. The molecule has 0 unspecified atom stereocenters. The monoisotopic (exact) mass is 462 g/mol. The molecule has 9 heteroatoms. The van der Waals surface area contributed by atoms with Crippen LogP contribution in [0, 0.1) is 20.8 Å². The van der Waals surface area contributed by atoms with Crippen LogP contribution >= 0.6 is 0 Å². The molecule has 0 aliphatic carbocycles. The number of hydrogen-bond acceptors (Lipinski definition) is 7. The van der Waals surface area contributed by atoms with Gasteiger partial charge in [0, 0.05) is 5.39 Å². The Morgan fingerprint density at radius 1 is 0.939 bits per heavy atom. The molecule has 8 nitrogen and oxygen atoms in total. The van der Waals surface area contributed by atoms with Crippen LogP contribution in [0.1, 0.15) is 27.0 Å². The third kappa shape index (κ3) is 4.63. The lowest BCUT2D eigenvalue weighted by Crippen LogP contribution is -2.31. The Balaban J connectivity index is 1.79. The quantitative estimate of drug-likeness (QED) is 0.458. The Labute approximate surface area is 191 Å². The van der Waals surface area contributed by atoms with Crippen LogP contribution < -0.4 is 15.2 Å². The summed E-state index contributed by atoms with van der Waals surface area (Å²) in [6.45, 7) is 5.77. The molecule has 0 atom stereocenters. The van der Waals surface area contributed by atoms with E-state index in [0.29, 0.717) is 16.7 Å². The highest BCUT2D eigenvalue weighted by Gasteiger charge is 2.25. The normalized spacial score (nSPS) is 11.4. The Kier molecular flexibility index (Phi) is 5.73. The Morgan fingerprint density at radius 2 is 1.64 bits per heavy atom. The Hall–Kier alpha value is -3.98. The second kappa shape index (κ2) is 8.51. The third-order valence-electron chi connectivity index (χ3n) is 4.98. The molecule has 168 valence electrons. The number of benzene rings is 2. The zero-order chi connectivity index (χ0) is 23.8. The third-order valence-corrected chi connectivity index (χ3v) is 6.22. The van der Waals surface area contributed by atoms with Crippen molar-refractivity contribution < 1.29 is 17.9 Å². The maximum atomic E-state index is 13.1. The van der Waals surface area contributed by atoms with Gasteiger partial charge in [-0.15, -0.1) is 0 Å². The molecule has 0 fully saturated rings. The molecule has 3 N–H and O–H groups in total. The van der Waals surface area contributed by atoms with Crippen LogP contribution in [0.3, 0.4) is 0 Å². The van der Waals surface area contributed by atoms with Crippen LogP contribution in [-0.4, -0.2) is 24.3 Å². The highest BCUT2D eigenvalue weighted by Crippen LogP contribution is 2.32. The number of pyridine rings is 2. The van der Waals surface area contributed by atoms with E-state index in [1.807, 2.05) is 43.7 Å². The number of sulfonamides is 1. The van der Waals surface area contributed by atoms with Crippen LogP contribution in [0.5, 0.6) is 11.6 Å². The smallest absolute Gasteiger partial charge is 0.281 e. The number of aromatic nitrogens is 2. The number of nitrogens with one attached hydrogen (secondary N) is 1. The Morgan fingerprint density at radius 3 is 2.33 bits per heavy atom. The minimum atomic E-state index is -4.27. The predicted molar refractivity (Wildman–Crippen MR) is 126 cm³/mol. The average Bonchev–Trinajstić information content (AvgIpc) is 2.75. The van der Waals surface area contributed by atoms with E-state index in [0.717, 1.165) is 16.7 Å². The van der Waals surface area contributed by atoms with Gasteiger partial charge in [-0.05, 0) is 56.2 Å². The van der Waals surface area contributed by atoms with Gasteiger partial charge in [0.1, 0.15) is 17.1 Å². The number of nitrogen functional groups attached to an aromatic ring is 1. The summed E-state index contributed by atoms with van der Waals surface area (Å²) in [6.07, 6.45) is 0. The van der Waals surface area contributed by atoms with Crippen LogP contribution in [0.4, 0.5) is 5.82 Å². The second-order valence-electron chi connectivity index (χ2n) is 7.70. The highest BCUT2D eigenvalue weighted by molar-refractivity contribution is 7.90. The number of carbonyl (C=O) groups excluding carboxylic acids is 1. The number of carbonyl (C=O) groups is 1. The number of nitrogens with zero attached hydrogens (tertiary/aromatic N) is 2. The van der Waals surface area contributed by atoms with E-state index in [4.69, 9.17) is 10.5 Å². The number of amides is 1. The molecule has 4 aromatic rings. The molecule has 0 saturated heterocycles. The molecule has 0 saturated carbocycles. The van der Waals surface area contributed by atoms with Crippen molar-refractivity contribution in [1.29, 1.82) is 0 Å². The number of nitrogens with two attached hydrogens (primary N) is 1. The van der Waals surface area contributed by atoms with Crippen LogP contribution in [0.25, 0.3) is 10.9 Å². The lowest BCUT2D eigenvalue weighted by atomic mass is 10.1. The first-order chi connectivity index (χ1) is 15.6. The van der Waals surface area contributed by atoms with Gasteiger partial charge in [0.05, 0.1) is 5.52 Å². The molecule has 0 bridgehead atoms. The molecule has 0 aliphatic rings. The summed E-state index contributed by atoms with van der Waals surface area (Å²) in [4.78, 5) is 21.4. The molecule has 4 rings (SSSR count). The minimum Gasteiger partial charge on any atom is -0.438 e. The summed E-state index contributed by atoms with van der Waals surface area (Å²) < 4.78 is 33.6. The fourth-order valence-corrected chi connectivity index (χ4v) is 4.51. The van der Waals surface area contributed by atoms with Crippen molar-refractivity contribution in [3.8, 4) is 11.6 Å². The number of fused-ring (bicyclic) bond motifs is 1. The molecule has 2 aromatic carbocycles. The van der Waals surface area contributed by atoms with Crippen molar-refractivity contribution in [2.45, 2.75) is 25.8 Å². The summed E-state index contributed by atoms with van der Waals surface area (Å²) in [6, 6.07) is 16.8. The zero-order valence-electron chi connectivity index (χ0n) is 18.3. The number of aryl methyl sites for hydroxylation is 3. The molecular formula is C24H22N4O4S. The fourth-order valence-electron chi connectivity index (χ4n) is 3.57. The van der Waals surface area contributed by atoms with E-state index in [1.54, 1.807) is 24.3 Å². The van der Waals surface area contributed by atoms with Crippen molar-refractivity contribution in [2.24, 2.45) is 0 Å². The molecule has 2 aromatic heterocycles. The molecule has 2 heterocycles. The average molecular weight is 463 g/mol. The van der Waals surface area contributed by atoms with Gasteiger partial charge in [0.25, 0.3) is 15.9 Å². The fraction of sp³-hybridized carbons (Fsp3) is 0.125. The summed E-state index contributed by atoms with van der Waals surface area (Å²) in [5, 5.41) is 0.295. The predicted octanol–water partition coefficient (Wildman–Crippen LogP) is 4.05. The maximum Gasteiger partial charge on any atom is 0.281 e. The summed E-state index contributed by atoms with van der Waals surface area (Å²) in [5.74, 6) is -0.322. The van der Waals surface area contributed by atoms with Crippen LogP contribution in [0.2, 0.25) is 0 Å². The molecule has 0 radical (unpaired) electrons. The summed E-state index contributed by atoms with van der Waals surface area (Å²) in [7, 11) is -4.27. The maximum absolute atomic E-state index is 13.1. The van der Waals surface area contributed by atoms with Crippen LogP contribution in [-0.2, 0) is 10.0 Å². The van der Waals surface area contributed by atoms with Crippen molar-refractivity contribution in [2.75, 3.05) is 5.73 Å². The lowest BCUT2D eigenvalue weighted by molar-refractivity contribution is 0.0978. The SMILES string of the molecule is Cc1cc(C)c(Oc2nc3ccccc3cc2C(=O)NS(=O)(=O)c2cccc(N)n2)c(C)c1. The highest BCUT2D eigenvalue weighted by atomic mass is 32.2. The van der Waals surface area contributed by atoms with Crippen molar-refractivity contribution in [1.82, 2.24) is 14.7 Å². The Bertz CT molecular complexity index is 1480. The van der Waals surface area contributed by atoms with E-state index in [9.17, 15) is 13.2 Å². The van der Waals surface area contributed by atoms with Gasteiger partial charge in [-0.1, -0.05) is 42.0 Å². The van der Waals surface area contributed by atoms with Gasteiger partial charge in [-0.3, -0.25) is 4.79 Å². The first kappa shape index (κ1) is 22.2.